The summed E-state index contributed by atoms with van der Waals surface area (Å²) >= 11 is 5.76. The van der Waals surface area contributed by atoms with Gasteiger partial charge in [-0.1, -0.05) is 35.9 Å². The molecule has 1 aliphatic rings. The minimum Gasteiger partial charge on any atom is -0.320 e. The summed E-state index contributed by atoms with van der Waals surface area (Å²) in [6.07, 6.45) is 3.43. The summed E-state index contributed by atoms with van der Waals surface area (Å²) in [6, 6.07) is 10.4. The van der Waals surface area contributed by atoms with Gasteiger partial charge < -0.3 is 5.73 Å². The summed E-state index contributed by atoms with van der Waals surface area (Å²) in [6.45, 7) is 0. The van der Waals surface area contributed by atoms with Crippen LogP contribution in [0, 0.1) is 5.82 Å². The average molecular weight is 276 g/mol. The zero-order valence-electron chi connectivity index (χ0n) is 10.5. The van der Waals surface area contributed by atoms with Gasteiger partial charge in [-0.3, -0.25) is 0 Å². The van der Waals surface area contributed by atoms with Gasteiger partial charge in [0, 0.05) is 10.6 Å². The third kappa shape index (κ3) is 2.38. The molecule has 1 nitrogen and oxygen atoms in total. The Hall–Kier alpha value is -1.38. The normalized spacial score (nSPS) is 15.3. The number of benzene rings is 2. The van der Waals surface area contributed by atoms with E-state index in [0.29, 0.717) is 10.6 Å². The van der Waals surface area contributed by atoms with Crippen molar-refractivity contribution in [2.75, 3.05) is 0 Å². The highest BCUT2D eigenvalue weighted by Crippen LogP contribution is 2.29. The summed E-state index contributed by atoms with van der Waals surface area (Å²) in [5, 5.41) is 0.391. The predicted octanol–water partition coefficient (Wildman–Crippen LogP) is 4.02. The second-order valence-electron chi connectivity index (χ2n) is 5.03. The Morgan fingerprint density at radius 2 is 1.84 bits per heavy atom. The van der Waals surface area contributed by atoms with Gasteiger partial charge in [-0.05, 0) is 48.1 Å². The van der Waals surface area contributed by atoms with Crippen LogP contribution in [0.15, 0.2) is 36.4 Å². The van der Waals surface area contributed by atoms with E-state index < -0.39 is 6.04 Å². The van der Waals surface area contributed by atoms with E-state index in [1.54, 1.807) is 12.1 Å². The number of halogens is 2. The molecule has 0 radical (unpaired) electrons. The smallest absolute Gasteiger partial charge is 0.129 e. The quantitative estimate of drug-likeness (QED) is 0.880. The van der Waals surface area contributed by atoms with Crippen molar-refractivity contribution in [2.24, 2.45) is 5.73 Å². The van der Waals surface area contributed by atoms with Crippen LogP contribution in [0.1, 0.15) is 34.7 Å². The molecule has 0 saturated heterocycles. The fraction of sp³-hybridized carbons (Fsp3) is 0.250. The first-order valence-corrected chi connectivity index (χ1v) is 6.85. The van der Waals surface area contributed by atoms with Gasteiger partial charge in [-0.25, -0.2) is 4.39 Å². The highest BCUT2D eigenvalue weighted by Gasteiger charge is 2.17. The first-order chi connectivity index (χ1) is 9.15. The molecular formula is C16H15ClFN. The van der Waals surface area contributed by atoms with Crippen LogP contribution >= 0.6 is 11.6 Å². The summed E-state index contributed by atoms with van der Waals surface area (Å²) in [5.41, 5.74) is 10.4. The van der Waals surface area contributed by atoms with E-state index >= 15 is 0 Å². The highest BCUT2D eigenvalue weighted by molar-refractivity contribution is 6.30. The molecule has 0 fully saturated rings. The Labute approximate surface area is 117 Å². The largest absolute Gasteiger partial charge is 0.320 e. The zero-order chi connectivity index (χ0) is 13.4. The van der Waals surface area contributed by atoms with Crippen molar-refractivity contribution in [1.29, 1.82) is 0 Å². The first kappa shape index (κ1) is 12.6. The summed E-state index contributed by atoms with van der Waals surface area (Å²) in [4.78, 5) is 0. The number of hydrogen-bond acceptors (Lipinski definition) is 1. The molecule has 98 valence electrons. The van der Waals surface area contributed by atoms with E-state index in [1.807, 2.05) is 6.07 Å². The van der Waals surface area contributed by atoms with Gasteiger partial charge in [-0.15, -0.1) is 0 Å². The zero-order valence-corrected chi connectivity index (χ0v) is 11.3. The van der Waals surface area contributed by atoms with E-state index in [2.05, 4.69) is 12.1 Å². The molecule has 0 heterocycles. The lowest BCUT2D eigenvalue weighted by Crippen LogP contribution is -2.14. The topological polar surface area (TPSA) is 26.0 Å². The van der Waals surface area contributed by atoms with Crippen molar-refractivity contribution in [3.63, 3.8) is 0 Å². The molecule has 3 heteroatoms. The molecule has 2 N–H and O–H groups in total. The second-order valence-corrected chi connectivity index (χ2v) is 5.46. The summed E-state index contributed by atoms with van der Waals surface area (Å²) in [5.74, 6) is -0.347. The fourth-order valence-corrected chi connectivity index (χ4v) is 2.88. The van der Waals surface area contributed by atoms with Gasteiger partial charge in [0.15, 0.2) is 0 Å². The third-order valence-corrected chi connectivity index (χ3v) is 4.01. The summed E-state index contributed by atoms with van der Waals surface area (Å²) < 4.78 is 13.9. The highest BCUT2D eigenvalue weighted by atomic mass is 35.5. The molecule has 0 aromatic heterocycles. The minimum absolute atomic E-state index is 0.347. The molecule has 1 unspecified atom stereocenters. The van der Waals surface area contributed by atoms with Gasteiger partial charge in [0.05, 0.1) is 6.04 Å². The van der Waals surface area contributed by atoms with E-state index in [4.69, 9.17) is 17.3 Å². The van der Waals surface area contributed by atoms with Crippen molar-refractivity contribution < 1.29 is 4.39 Å². The van der Waals surface area contributed by atoms with Gasteiger partial charge in [0.1, 0.15) is 5.82 Å². The maximum atomic E-state index is 13.9. The molecule has 19 heavy (non-hydrogen) atoms. The van der Waals surface area contributed by atoms with Crippen molar-refractivity contribution in [3.05, 3.63) is 69.5 Å². The Balaban J connectivity index is 1.97. The Kier molecular flexibility index (Phi) is 3.29. The maximum Gasteiger partial charge on any atom is 0.129 e. The van der Waals surface area contributed by atoms with Crippen LogP contribution in [0.2, 0.25) is 5.02 Å². The maximum absolute atomic E-state index is 13.9. The molecule has 1 atom stereocenters. The number of aryl methyl sites for hydroxylation is 2. The van der Waals surface area contributed by atoms with Crippen molar-refractivity contribution in [1.82, 2.24) is 0 Å². The molecule has 0 saturated carbocycles. The van der Waals surface area contributed by atoms with Crippen LogP contribution < -0.4 is 5.73 Å². The molecule has 0 amide bonds. The minimum atomic E-state index is -0.442. The first-order valence-electron chi connectivity index (χ1n) is 6.47. The molecule has 0 bridgehead atoms. The molecule has 2 aromatic carbocycles. The van der Waals surface area contributed by atoms with Crippen LogP contribution in [0.4, 0.5) is 4.39 Å². The summed E-state index contributed by atoms with van der Waals surface area (Å²) in [7, 11) is 0. The number of fused-ring (bicyclic) bond motifs is 1. The molecule has 2 aromatic rings. The molecular weight excluding hydrogens is 261 g/mol. The Morgan fingerprint density at radius 1 is 1.05 bits per heavy atom. The standard InChI is InChI=1S/C16H15ClFN/c17-13-6-7-14(15(18)9-13)16(19)12-5-4-10-2-1-3-11(10)8-12/h4-9,16H,1-3,19H2. The number of nitrogens with two attached hydrogens (primary N) is 1. The fourth-order valence-electron chi connectivity index (χ4n) is 2.72. The van der Waals surface area contributed by atoms with Crippen molar-refractivity contribution in [2.45, 2.75) is 25.3 Å². The van der Waals surface area contributed by atoms with E-state index in [1.165, 1.54) is 23.6 Å². The third-order valence-electron chi connectivity index (χ3n) is 3.78. The van der Waals surface area contributed by atoms with E-state index in [-0.39, 0.29) is 5.82 Å². The van der Waals surface area contributed by atoms with Gasteiger partial charge in [0.2, 0.25) is 0 Å². The second kappa shape index (κ2) is 4.95. The lowest BCUT2D eigenvalue weighted by Gasteiger charge is -2.15. The Bertz CT molecular complexity index is 624. The lowest BCUT2D eigenvalue weighted by atomic mass is 9.96. The monoisotopic (exact) mass is 275 g/mol. The number of rotatable bonds is 2. The SMILES string of the molecule is NC(c1ccc2c(c1)CCC2)c1ccc(Cl)cc1F. The lowest BCUT2D eigenvalue weighted by molar-refractivity contribution is 0.599. The average Bonchev–Trinajstić information content (AvgIpc) is 2.85. The molecule has 3 rings (SSSR count). The van der Waals surface area contributed by atoms with E-state index in [9.17, 15) is 4.39 Å². The van der Waals surface area contributed by atoms with Gasteiger partial charge >= 0.3 is 0 Å². The number of hydrogen-bond donors (Lipinski definition) is 1. The van der Waals surface area contributed by atoms with Crippen LogP contribution in [-0.2, 0) is 12.8 Å². The molecule has 1 aliphatic carbocycles. The van der Waals surface area contributed by atoms with E-state index in [0.717, 1.165) is 18.4 Å². The Morgan fingerprint density at radius 3 is 2.63 bits per heavy atom. The van der Waals surface area contributed by atoms with Crippen molar-refractivity contribution in [3.8, 4) is 0 Å². The molecule has 0 spiro atoms. The van der Waals surface area contributed by atoms with Crippen LogP contribution in [-0.4, -0.2) is 0 Å². The van der Waals surface area contributed by atoms with Gasteiger partial charge in [0.25, 0.3) is 0 Å². The predicted molar refractivity (Wildman–Crippen MR) is 75.9 cm³/mol. The van der Waals surface area contributed by atoms with Crippen LogP contribution in [0.25, 0.3) is 0 Å². The van der Waals surface area contributed by atoms with Crippen LogP contribution in [0.5, 0.6) is 0 Å². The van der Waals surface area contributed by atoms with Crippen LogP contribution in [0.3, 0.4) is 0 Å². The van der Waals surface area contributed by atoms with Crippen molar-refractivity contribution >= 4 is 11.6 Å². The molecule has 0 aliphatic heterocycles. The van der Waals surface area contributed by atoms with Gasteiger partial charge in [-0.2, -0.15) is 0 Å².